The van der Waals surface area contributed by atoms with Gasteiger partial charge in [0.2, 0.25) is 6.41 Å². The molecular formula is C15H18ClFN2O3. The molecule has 5 nitrogen and oxygen atoms in total. The largest absolute Gasteiger partial charge is 0.484 e. The van der Waals surface area contributed by atoms with Crippen LogP contribution in [0.15, 0.2) is 18.2 Å². The molecule has 0 radical (unpaired) electrons. The van der Waals surface area contributed by atoms with Crippen LogP contribution in [0.2, 0.25) is 5.02 Å². The molecule has 2 rings (SSSR count). The van der Waals surface area contributed by atoms with E-state index in [4.69, 9.17) is 16.3 Å². The summed E-state index contributed by atoms with van der Waals surface area (Å²) in [6.45, 7) is 1.17. The third kappa shape index (κ3) is 4.87. The number of benzene rings is 1. The van der Waals surface area contributed by atoms with Gasteiger partial charge >= 0.3 is 0 Å². The van der Waals surface area contributed by atoms with Gasteiger partial charge in [-0.2, -0.15) is 0 Å². The zero-order valence-electron chi connectivity index (χ0n) is 12.1. The minimum atomic E-state index is -0.586. The van der Waals surface area contributed by atoms with E-state index in [1.165, 1.54) is 12.1 Å². The Morgan fingerprint density at radius 3 is 3.00 bits per heavy atom. The highest BCUT2D eigenvalue weighted by atomic mass is 35.5. The van der Waals surface area contributed by atoms with E-state index in [2.05, 4.69) is 5.32 Å². The number of hydrogen-bond acceptors (Lipinski definition) is 3. The van der Waals surface area contributed by atoms with Crippen molar-refractivity contribution in [1.82, 2.24) is 10.2 Å². The lowest BCUT2D eigenvalue weighted by atomic mass is 10.1. The molecule has 1 aliphatic rings. The van der Waals surface area contributed by atoms with Crippen molar-refractivity contribution in [1.29, 1.82) is 0 Å². The first kappa shape index (κ1) is 16.5. The highest BCUT2D eigenvalue weighted by Gasteiger charge is 2.18. The van der Waals surface area contributed by atoms with Gasteiger partial charge in [-0.1, -0.05) is 11.6 Å². The summed E-state index contributed by atoms with van der Waals surface area (Å²) in [4.78, 5) is 24.3. The van der Waals surface area contributed by atoms with E-state index in [1.54, 1.807) is 4.90 Å². The Kier molecular flexibility index (Phi) is 6.00. The van der Waals surface area contributed by atoms with Crippen LogP contribution in [0.4, 0.5) is 4.39 Å². The van der Waals surface area contributed by atoms with Crippen LogP contribution < -0.4 is 10.1 Å². The van der Waals surface area contributed by atoms with Crippen LogP contribution in [-0.2, 0) is 9.59 Å². The molecule has 120 valence electrons. The van der Waals surface area contributed by atoms with Crippen molar-refractivity contribution in [3.8, 4) is 5.75 Å². The summed E-state index contributed by atoms with van der Waals surface area (Å²) in [6, 6.07) is 4.06. The average molecular weight is 329 g/mol. The molecule has 0 bridgehead atoms. The molecular weight excluding hydrogens is 311 g/mol. The van der Waals surface area contributed by atoms with E-state index in [1.807, 2.05) is 0 Å². The summed E-state index contributed by atoms with van der Waals surface area (Å²) in [5.74, 6) is -0.595. The van der Waals surface area contributed by atoms with E-state index in [9.17, 15) is 14.0 Å². The maximum atomic E-state index is 13.2. The molecule has 1 N–H and O–H groups in total. The first-order chi connectivity index (χ1) is 10.6. The van der Waals surface area contributed by atoms with Crippen LogP contribution in [0, 0.1) is 5.82 Å². The van der Waals surface area contributed by atoms with Gasteiger partial charge in [0, 0.05) is 25.2 Å². The molecule has 7 heteroatoms. The highest BCUT2D eigenvalue weighted by Crippen LogP contribution is 2.20. The fourth-order valence-corrected chi connectivity index (χ4v) is 2.47. The minimum Gasteiger partial charge on any atom is -0.484 e. The second kappa shape index (κ2) is 7.98. The maximum Gasteiger partial charge on any atom is 0.258 e. The van der Waals surface area contributed by atoms with E-state index >= 15 is 0 Å². The van der Waals surface area contributed by atoms with Crippen LogP contribution in [-0.4, -0.2) is 43.0 Å². The number of amides is 2. The van der Waals surface area contributed by atoms with E-state index in [0.717, 1.165) is 38.3 Å². The van der Waals surface area contributed by atoms with Crippen molar-refractivity contribution in [2.45, 2.75) is 25.3 Å². The molecule has 1 saturated heterocycles. The van der Waals surface area contributed by atoms with Gasteiger partial charge in [0.15, 0.2) is 6.61 Å². The second-order valence-corrected chi connectivity index (χ2v) is 5.61. The van der Waals surface area contributed by atoms with Crippen LogP contribution in [0.1, 0.15) is 19.3 Å². The first-order valence-corrected chi connectivity index (χ1v) is 7.53. The lowest BCUT2D eigenvalue weighted by Gasteiger charge is -2.17. The number of nitrogens with zero attached hydrogens (tertiary/aromatic N) is 1. The number of carbonyl (C=O) groups excluding carboxylic acids is 2. The number of likely N-dealkylation sites (tertiary alicyclic amines) is 1. The van der Waals surface area contributed by atoms with Gasteiger partial charge in [-0.15, -0.1) is 0 Å². The normalized spacial score (nSPS) is 18.5. The van der Waals surface area contributed by atoms with Gasteiger partial charge in [0.25, 0.3) is 5.91 Å². The highest BCUT2D eigenvalue weighted by molar-refractivity contribution is 6.30. The Morgan fingerprint density at radius 2 is 2.27 bits per heavy atom. The molecule has 0 aliphatic carbocycles. The standard InChI is InChI=1S/C15H18ClFN2O3/c16-13-4-3-12(8-14(13)17)22-9-15(21)18-11-2-1-6-19(10-20)7-5-11/h3-4,8,10-11H,1-2,5-7,9H2,(H,18,21). The molecule has 0 aromatic heterocycles. The molecule has 1 heterocycles. The molecule has 2 amide bonds. The van der Waals surface area contributed by atoms with Crippen molar-refractivity contribution in [3.05, 3.63) is 29.0 Å². The molecule has 1 atom stereocenters. The van der Waals surface area contributed by atoms with E-state index < -0.39 is 5.82 Å². The quantitative estimate of drug-likeness (QED) is 0.841. The first-order valence-electron chi connectivity index (χ1n) is 7.15. The molecule has 0 saturated carbocycles. The Labute approximate surface area is 133 Å². The third-order valence-electron chi connectivity index (χ3n) is 3.54. The number of halogens is 2. The van der Waals surface area contributed by atoms with Gasteiger partial charge in [0.05, 0.1) is 5.02 Å². The fraction of sp³-hybridized carbons (Fsp3) is 0.467. The summed E-state index contributed by atoms with van der Waals surface area (Å²) < 4.78 is 18.5. The SMILES string of the molecule is O=CN1CCCC(NC(=O)COc2ccc(Cl)c(F)c2)CC1. The van der Waals surface area contributed by atoms with Crippen LogP contribution >= 0.6 is 11.6 Å². The van der Waals surface area contributed by atoms with Crippen LogP contribution in [0.3, 0.4) is 0 Å². The molecule has 1 unspecified atom stereocenters. The average Bonchev–Trinajstić information content (AvgIpc) is 2.73. The number of nitrogens with one attached hydrogen (secondary N) is 1. The number of ether oxygens (including phenoxy) is 1. The monoisotopic (exact) mass is 328 g/mol. The summed E-state index contributed by atoms with van der Waals surface area (Å²) >= 11 is 5.57. The van der Waals surface area contributed by atoms with Crippen molar-refractivity contribution >= 4 is 23.9 Å². The lowest BCUT2D eigenvalue weighted by Crippen LogP contribution is -2.38. The molecule has 1 aromatic rings. The van der Waals surface area contributed by atoms with Crippen LogP contribution in [0.25, 0.3) is 0 Å². The predicted octanol–water partition coefficient (Wildman–Crippen LogP) is 1.99. The summed E-state index contributed by atoms with van der Waals surface area (Å²) in [5.41, 5.74) is 0. The van der Waals surface area contributed by atoms with E-state index in [-0.39, 0.29) is 29.3 Å². The Morgan fingerprint density at radius 1 is 1.45 bits per heavy atom. The third-order valence-corrected chi connectivity index (χ3v) is 3.84. The van der Waals surface area contributed by atoms with Crippen molar-refractivity contribution in [2.75, 3.05) is 19.7 Å². The number of hydrogen-bond donors (Lipinski definition) is 1. The van der Waals surface area contributed by atoms with Crippen molar-refractivity contribution in [2.24, 2.45) is 0 Å². The zero-order chi connectivity index (χ0) is 15.9. The van der Waals surface area contributed by atoms with Crippen molar-refractivity contribution in [3.63, 3.8) is 0 Å². The van der Waals surface area contributed by atoms with Crippen molar-refractivity contribution < 1.29 is 18.7 Å². The summed E-state index contributed by atoms with van der Waals surface area (Å²) in [5, 5.41) is 2.88. The summed E-state index contributed by atoms with van der Waals surface area (Å²) in [6.07, 6.45) is 3.24. The lowest BCUT2D eigenvalue weighted by molar-refractivity contribution is -0.123. The maximum absolute atomic E-state index is 13.2. The van der Waals surface area contributed by atoms with Gasteiger partial charge in [-0.3, -0.25) is 9.59 Å². The zero-order valence-corrected chi connectivity index (χ0v) is 12.8. The molecule has 1 aromatic carbocycles. The fourth-order valence-electron chi connectivity index (χ4n) is 2.35. The van der Waals surface area contributed by atoms with Crippen LogP contribution in [0.5, 0.6) is 5.75 Å². The second-order valence-electron chi connectivity index (χ2n) is 5.20. The predicted molar refractivity (Wildman–Crippen MR) is 80.3 cm³/mol. The van der Waals surface area contributed by atoms with Gasteiger partial charge in [0.1, 0.15) is 11.6 Å². The number of carbonyl (C=O) groups is 2. The minimum absolute atomic E-state index is 0.00925. The van der Waals surface area contributed by atoms with Gasteiger partial charge < -0.3 is 15.0 Å². The Hall–Kier alpha value is -1.82. The smallest absolute Gasteiger partial charge is 0.258 e. The Balaban J connectivity index is 1.77. The number of rotatable bonds is 5. The van der Waals surface area contributed by atoms with E-state index in [0.29, 0.717) is 6.54 Å². The van der Waals surface area contributed by atoms with Gasteiger partial charge in [-0.05, 0) is 31.4 Å². The Bertz CT molecular complexity index is 542. The summed E-state index contributed by atoms with van der Waals surface area (Å²) in [7, 11) is 0. The molecule has 0 spiro atoms. The molecule has 1 fully saturated rings. The topological polar surface area (TPSA) is 58.6 Å². The molecule has 1 aliphatic heterocycles. The van der Waals surface area contributed by atoms with Gasteiger partial charge in [-0.25, -0.2) is 4.39 Å². The molecule has 22 heavy (non-hydrogen) atoms.